The van der Waals surface area contributed by atoms with Gasteiger partial charge in [0.15, 0.2) is 11.5 Å². The van der Waals surface area contributed by atoms with Gasteiger partial charge < -0.3 is 9.52 Å². The van der Waals surface area contributed by atoms with Crippen molar-refractivity contribution in [2.24, 2.45) is 0 Å². The van der Waals surface area contributed by atoms with Gasteiger partial charge >= 0.3 is 6.18 Å². The molecule has 4 rings (SSSR count). The number of nitrogens with zero attached hydrogens (tertiary/aromatic N) is 2. The maximum absolute atomic E-state index is 13.0. The third-order valence-corrected chi connectivity index (χ3v) is 5.63. The molecule has 0 radical (unpaired) electrons. The highest BCUT2D eigenvalue weighted by molar-refractivity contribution is 7.11. The Morgan fingerprint density at radius 1 is 1.06 bits per heavy atom. The summed E-state index contributed by atoms with van der Waals surface area (Å²) >= 11 is 7.06. The molecule has 0 bridgehead atoms. The van der Waals surface area contributed by atoms with Crippen LogP contribution in [0.4, 0.5) is 13.2 Å². The number of aliphatic hydroxyl groups excluding tert-OH is 1. The first-order chi connectivity index (χ1) is 15.3. The van der Waals surface area contributed by atoms with Crippen LogP contribution in [-0.2, 0) is 6.18 Å². The van der Waals surface area contributed by atoms with Crippen LogP contribution >= 0.6 is 22.9 Å². The lowest BCUT2D eigenvalue weighted by Crippen LogP contribution is -2.04. The lowest BCUT2D eigenvalue weighted by Gasteiger charge is -2.07. The van der Waals surface area contributed by atoms with E-state index in [2.05, 4.69) is 4.98 Å². The second-order valence-electron chi connectivity index (χ2n) is 6.62. The zero-order chi connectivity index (χ0) is 22.9. The van der Waals surface area contributed by atoms with Gasteiger partial charge in [0.2, 0.25) is 0 Å². The smallest absolute Gasteiger partial charge is 0.416 e. The van der Waals surface area contributed by atoms with Crippen LogP contribution in [0.5, 0.6) is 0 Å². The number of hydrogen-bond donors (Lipinski definition) is 1. The predicted molar refractivity (Wildman–Crippen MR) is 117 cm³/mol. The molecule has 2 aromatic heterocycles. The van der Waals surface area contributed by atoms with E-state index in [1.807, 2.05) is 6.07 Å². The molecular formula is C23H12ClF3N2O2S. The maximum Gasteiger partial charge on any atom is 0.416 e. The van der Waals surface area contributed by atoms with Gasteiger partial charge in [0, 0.05) is 21.5 Å². The minimum absolute atomic E-state index is 0.0581. The number of rotatable bonds is 4. The summed E-state index contributed by atoms with van der Waals surface area (Å²) in [5.41, 5.74) is 0.657. The van der Waals surface area contributed by atoms with Crippen molar-refractivity contribution in [3.63, 3.8) is 0 Å². The standard InChI is InChI=1S/C23H12ClF3N2O2S/c24-16-6-4-13(5-7-16)18-12-32-22(29-18)17(11-28)21(30)20-9-8-19(31-20)14-2-1-3-15(10-14)23(25,26)27/h1-10,12,30H. The highest BCUT2D eigenvalue weighted by atomic mass is 35.5. The van der Waals surface area contributed by atoms with Crippen LogP contribution < -0.4 is 0 Å². The SMILES string of the molecule is N#CC(=C(O)c1ccc(-c2cccc(C(F)(F)F)c2)o1)c1nc(-c2ccc(Cl)cc2)cs1. The van der Waals surface area contributed by atoms with Crippen LogP contribution in [0.3, 0.4) is 0 Å². The molecule has 0 amide bonds. The molecule has 0 atom stereocenters. The number of halogens is 4. The van der Waals surface area contributed by atoms with Crippen molar-refractivity contribution in [3.8, 4) is 28.7 Å². The molecule has 0 spiro atoms. The van der Waals surface area contributed by atoms with Crippen LogP contribution in [0, 0.1) is 11.3 Å². The van der Waals surface area contributed by atoms with E-state index >= 15 is 0 Å². The Bertz CT molecular complexity index is 1350. The maximum atomic E-state index is 13.0. The molecule has 2 aromatic carbocycles. The molecule has 4 aromatic rings. The van der Waals surface area contributed by atoms with Gasteiger partial charge in [-0.25, -0.2) is 4.98 Å². The average Bonchev–Trinajstić information content (AvgIpc) is 3.45. The van der Waals surface area contributed by atoms with Gasteiger partial charge in [-0.15, -0.1) is 11.3 Å². The molecule has 9 heteroatoms. The first-order valence-corrected chi connectivity index (χ1v) is 10.3. The van der Waals surface area contributed by atoms with Gasteiger partial charge in [0.1, 0.15) is 22.4 Å². The van der Waals surface area contributed by atoms with E-state index in [1.54, 1.807) is 29.6 Å². The van der Waals surface area contributed by atoms with Crippen LogP contribution in [0.1, 0.15) is 16.3 Å². The van der Waals surface area contributed by atoms with Gasteiger partial charge in [-0.3, -0.25) is 0 Å². The van der Waals surface area contributed by atoms with Crippen LogP contribution in [0.2, 0.25) is 5.02 Å². The molecule has 0 aliphatic rings. The van der Waals surface area contributed by atoms with E-state index in [9.17, 15) is 23.5 Å². The molecule has 0 aliphatic heterocycles. The molecule has 1 N–H and O–H groups in total. The molecule has 0 unspecified atom stereocenters. The molecule has 0 aliphatic carbocycles. The Morgan fingerprint density at radius 3 is 2.50 bits per heavy atom. The van der Waals surface area contributed by atoms with E-state index in [4.69, 9.17) is 16.0 Å². The topological polar surface area (TPSA) is 70.0 Å². The van der Waals surface area contributed by atoms with Gasteiger partial charge in [-0.2, -0.15) is 18.4 Å². The fraction of sp³-hybridized carbons (Fsp3) is 0.0435. The van der Waals surface area contributed by atoms with Crippen molar-refractivity contribution >= 4 is 34.3 Å². The third kappa shape index (κ3) is 4.40. The molecule has 32 heavy (non-hydrogen) atoms. The average molecular weight is 473 g/mol. The second kappa shape index (κ2) is 8.54. The summed E-state index contributed by atoms with van der Waals surface area (Å²) in [4.78, 5) is 4.40. The predicted octanol–water partition coefficient (Wildman–Crippen LogP) is 7.69. The lowest BCUT2D eigenvalue weighted by molar-refractivity contribution is -0.137. The largest absolute Gasteiger partial charge is 0.503 e. The Hall–Kier alpha value is -3.54. The van der Waals surface area contributed by atoms with Crippen molar-refractivity contribution in [2.75, 3.05) is 0 Å². The number of aliphatic hydroxyl groups is 1. The number of furan rings is 1. The van der Waals surface area contributed by atoms with E-state index < -0.39 is 17.5 Å². The number of alkyl halides is 3. The van der Waals surface area contributed by atoms with E-state index in [-0.39, 0.29) is 27.7 Å². The number of benzene rings is 2. The number of aromatic nitrogens is 1. The minimum Gasteiger partial charge on any atom is -0.503 e. The summed E-state index contributed by atoms with van der Waals surface area (Å²) in [5.74, 6) is -0.393. The summed E-state index contributed by atoms with van der Waals surface area (Å²) in [6, 6.07) is 16.4. The quantitative estimate of drug-likeness (QED) is 0.244. The Kier molecular flexibility index (Phi) is 5.78. The summed E-state index contributed by atoms with van der Waals surface area (Å²) in [5, 5.41) is 22.8. The Morgan fingerprint density at radius 2 is 1.81 bits per heavy atom. The Balaban J connectivity index is 1.67. The zero-order valence-electron chi connectivity index (χ0n) is 16.0. The second-order valence-corrected chi connectivity index (χ2v) is 7.92. The van der Waals surface area contributed by atoms with Crippen LogP contribution in [0.15, 0.2) is 70.5 Å². The molecule has 4 nitrogen and oxygen atoms in total. The highest BCUT2D eigenvalue weighted by Crippen LogP contribution is 2.35. The highest BCUT2D eigenvalue weighted by Gasteiger charge is 2.30. The van der Waals surface area contributed by atoms with Crippen molar-refractivity contribution in [1.82, 2.24) is 4.98 Å². The summed E-state index contributed by atoms with van der Waals surface area (Å²) < 4.78 is 44.5. The number of nitriles is 1. The summed E-state index contributed by atoms with van der Waals surface area (Å²) in [7, 11) is 0. The van der Waals surface area contributed by atoms with E-state index in [0.29, 0.717) is 10.7 Å². The van der Waals surface area contributed by atoms with Crippen molar-refractivity contribution in [1.29, 1.82) is 5.26 Å². The minimum atomic E-state index is -4.49. The van der Waals surface area contributed by atoms with Gasteiger partial charge in [-0.05, 0) is 36.4 Å². The van der Waals surface area contributed by atoms with E-state index in [1.165, 1.54) is 24.3 Å². The normalized spacial score (nSPS) is 12.3. The molecule has 0 fully saturated rings. The van der Waals surface area contributed by atoms with Crippen molar-refractivity contribution in [3.05, 3.63) is 87.4 Å². The molecule has 160 valence electrons. The monoisotopic (exact) mass is 472 g/mol. The van der Waals surface area contributed by atoms with E-state index in [0.717, 1.165) is 29.0 Å². The Labute approximate surface area is 189 Å². The zero-order valence-corrected chi connectivity index (χ0v) is 17.6. The molecule has 0 saturated heterocycles. The summed E-state index contributed by atoms with van der Waals surface area (Å²) in [6.07, 6.45) is -4.49. The fourth-order valence-corrected chi connectivity index (χ4v) is 3.89. The van der Waals surface area contributed by atoms with Gasteiger partial charge in [-0.1, -0.05) is 35.9 Å². The first kappa shape index (κ1) is 21.7. The van der Waals surface area contributed by atoms with Crippen LogP contribution in [-0.4, -0.2) is 10.1 Å². The fourth-order valence-electron chi connectivity index (χ4n) is 2.94. The summed E-state index contributed by atoms with van der Waals surface area (Å²) in [6.45, 7) is 0. The van der Waals surface area contributed by atoms with Gasteiger partial charge in [0.05, 0.1) is 11.3 Å². The third-order valence-electron chi connectivity index (χ3n) is 4.52. The van der Waals surface area contributed by atoms with Crippen molar-refractivity contribution in [2.45, 2.75) is 6.18 Å². The first-order valence-electron chi connectivity index (χ1n) is 9.09. The molecule has 0 saturated carbocycles. The van der Waals surface area contributed by atoms with Crippen LogP contribution in [0.25, 0.3) is 33.9 Å². The number of allylic oxidation sites excluding steroid dienone is 1. The van der Waals surface area contributed by atoms with Crippen molar-refractivity contribution < 1.29 is 22.7 Å². The molecular weight excluding hydrogens is 461 g/mol. The number of thiazole rings is 1. The molecule has 2 heterocycles. The lowest BCUT2D eigenvalue weighted by atomic mass is 10.1. The number of hydrogen-bond acceptors (Lipinski definition) is 5. The van der Waals surface area contributed by atoms with Gasteiger partial charge in [0.25, 0.3) is 0 Å².